The van der Waals surface area contributed by atoms with Crippen LogP contribution in [0.5, 0.6) is 0 Å². The van der Waals surface area contributed by atoms with Crippen molar-refractivity contribution in [3.8, 4) is 0 Å². The minimum atomic E-state index is -3.36. The van der Waals surface area contributed by atoms with Gasteiger partial charge in [-0.2, -0.15) is 0 Å². The lowest BCUT2D eigenvalue weighted by molar-refractivity contribution is -0.131. The van der Waals surface area contributed by atoms with Gasteiger partial charge in [-0.05, 0) is 30.2 Å². The Morgan fingerprint density at radius 1 is 1.27 bits per heavy atom. The first-order valence-electron chi connectivity index (χ1n) is 7.84. The Kier molecular flexibility index (Phi) is 5.86. The predicted molar refractivity (Wildman–Crippen MR) is 94.3 cm³/mol. The van der Waals surface area contributed by atoms with Crippen LogP contribution in [0.3, 0.4) is 0 Å². The second-order valence-corrected chi connectivity index (χ2v) is 7.98. The third-order valence-electron chi connectivity index (χ3n) is 3.84. The molecule has 142 valence electrons. The highest BCUT2D eigenvalue weighted by molar-refractivity contribution is 7.92. The molecule has 1 aromatic rings. The number of nitrogens with one attached hydrogen (secondary N) is 1. The number of benzene rings is 1. The fraction of sp³-hybridized carbons (Fsp3) is 0.438. The topological polar surface area (TPSA) is 113 Å². The highest BCUT2D eigenvalue weighted by Gasteiger charge is 2.27. The molecule has 0 atom stereocenters. The number of likely N-dealkylation sites (N-methyl/N-ethyl adjacent to an activating group) is 1. The van der Waals surface area contributed by atoms with Crippen molar-refractivity contribution in [1.29, 1.82) is 0 Å². The summed E-state index contributed by atoms with van der Waals surface area (Å²) in [5.41, 5.74) is 1.51. The van der Waals surface area contributed by atoms with Gasteiger partial charge in [-0.3, -0.25) is 13.9 Å². The van der Waals surface area contributed by atoms with Crippen molar-refractivity contribution in [1.82, 2.24) is 10.2 Å². The Morgan fingerprint density at radius 3 is 2.58 bits per heavy atom. The van der Waals surface area contributed by atoms with Crippen molar-refractivity contribution in [3.63, 3.8) is 0 Å². The number of sulfonamides is 1. The molecule has 0 fully saturated rings. The number of carbonyl (C=O) groups is 3. The maximum atomic E-state index is 12.1. The minimum absolute atomic E-state index is 0.177. The first-order chi connectivity index (χ1) is 12.1. The van der Waals surface area contributed by atoms with E-state index in [9.17, 15) is 22.8 Å². The van der Waals surface area contributed by atoms with Gasteiger partial charge in [-0.25, -0.2) is 13.2 Å². The average molecular weight is 383 g/mol. The van der Waals surface area contributed by atoms with E-state index in [1.54, 1.807) is 26.2 Å². The smallest absolute Gasteiger partial charge is 0.338 e. The lowest BCUT2D eigenvalue weighted by atomic mass is 10.1. The van der Waals surface area contributed by atoms with E-state index in [1.165, 1.54) is 15.3 Å². The lowest BCUT2D eigenvalue weighted by Gasteiger charge is -2.16. The van der Waals surface area contributed by atoms with E-state index in [-0.39, 0.29) is 18.0 Å². The first-order valence-corrected chi connectivity index (χ1v) is 9.69. The fourth-order valence-corrected chi connectivity index (χ4v) is 3.40. The molecular weight excluding hydrogens is 362 g/mol. The van der Waals surface area contributed by atoms with Crippen LogP contribution in [-0.2, 0) is 30.8 Å². The molecule has 26 heavy (non-hydrogen) atoms. The molecule has 1 aliphatic heterocycles. The van der Waals surface area contributed by atoms with E-state index in [2.05, 4.69) is 5.32 Å². The zero-order valence-electron chi connectivity index (χ0n) is 14.8. The molecule has 1 aromatic carbocycles. The molecule has 0 bridgehead atoms. The molecule has 2 rings (SSSR count). The summed E-state index contributed by atoms with van der Waals surface area (Å²) in [6, 6.07) is 4.57. The predicted octanol–water partition coefficient (Wildman–Crippen LogP) is -0.630. The number of amides is 2. The Hall–Kier alpha value is -2.62. The number of ether oxygens (including phenoxy) is 1. The largest absolute Gasteiger partial charge is 0.452 e. The third-order valence-corrected chi connectivity index (χ3v) is 5.02. The van der Waals surface area contributed by atoms with Crippen LogP contribution >= 0.6 is 0 Å². The molecular formula is C16H21N3O6S. The molecule has 2 amide bonds. The number of hydrogen-bond acceptors (Lipinski definition) is 6. The van der Waals surface area contributed by atoms with E-state index < -0.39 is 28.5 Å². The average Bonchev–Trinajstić information content (AvgIpc) is 3.00. The standard InChI is InChI=1S/C16H21N3O6S/c1-18(2)15(21)9-17-14(20)10-25-16(22)12-4-5-13-11(8-12)6-7-19(13)26(3,23)24/h4-5,8H,6-7,9-10H2,1-3H3,(H,17,20). The monoisotopic (exact) mass is 383 g/mol. The first kappa shape index (κ1) is 19.7. The van der Waals surface area contributed by atoms with Crippen LogP contribution in [0.15, 0.2) is 18.2 Å². The molecule has 1 N–H and O–H groups in total. The second kappa shape index (κ2) is 7.73. The van der Waals surface area contributed by atoms with Crippen molar-refractivity contribution in [2.24, 2.45) is 0 Å². The molecule has 10 heteroatoms. The van der Waals surface area contributed by atoms with Gasteiger partial charge in [-0.15, -0.1) is 0 Å². The zero-order valence-corrected chi connectivity index (χ0v) is 15.6. The van der Waals surface area contributed by atoms with Crippen LogP contribution in [0, 0.1) is 0 Å². The molecule has 0 aromatic heterocycles. The molecule has 0 unspecified atom stereocenters. The normalized spacial score (nSPS) is 13.1. The SMILES string of the molecule is CN(C)C(=O)CNC(=O)COC(=O)c1ccc2c(c1)CCN2S(C)(=O)=O. The summed E-state index contributed by atoms with van der Waals surface area (Å²) in [6.07, 6.45) is 1.63. The van der Waals surface area contributed by atoms with E-state index in [0.29, 0.717) is 18.7 Å². The van der Waals surface area contributed by atoms with Crippen molar-refractivity contribution in [2.75, 3.05) is 44.4 Å². The number of anilines is 1. The van der Waals surface area contributed by atoms with Crippen molar-refractivity contribution < 1.29 is 27.5 Å². The number of nitrogens with zero attached hydrogens (tertiary/aromatic N) is 2. The van der Waals surface area contributed by atoms with Gasteiger partial charge in [0.25, 0.3) is 5.91 Å². The third kappa shape index (κ3) is 4.72. The van der Waals surface area contributed by atoms with E-state index in [4.69, 9.17) is 4.74 Å². The molecule has 0 saturated heterocycles. The van der Waals surface area contributed by atoms with E-state index in [0.717, 1.165) is 11.8 Å². The summed E-state index contributed by atoms with van der Waals surface area (Å²) in [7, 11) is -0.231. The Bertz CT molecular complexity index is 834. The van der Waals surface area contributed by atoms with Crippen LogP contribution in [0.25, 0.3) is 0 Å². The Morgan fingerprint density at radius 2 is 1.96 bits per heavy atom. The molecule has 0 radical (unpaired) electrons. The number of carbonyl (C=O) groups excluding carboxylic acids is 3. The Labute approximate surface area is 152 Å². The summed E-state index contributed by atoms with van der Waals surface area (Å²) in [5.74, 6) is -1.56. The van der Waals surface area contributed by atoms with Crippen LogP contribution < -0.4 is 9.62 Å². The van der Waals surface area contributed by atoms with Crippen LogP contribution in [0.2, 0.25) is 0 Å². The molecule has 0 aliphatic carbocycles. The molecule has 0 spiro atoms. The molecule has 0 saturated carbocycles. The maximum Gasteiger partial charge on any atom is 0.338 e. The van der Waals surface area contributed by atoms with Crippen molar-refractivity contribution in [2.45, 2.75) is 6.42 Å². The quantitative estimate of drug-likeness (QED) is 0.655. The van der Waals surface area contributed by atoms with Gasteiger partial charge in [0.05, 0.1) is 24.1 Å². The Balaban J connectivity index is 1.93. The van der Waals surface area contributed by atoms with Gasteiger partial charge in [-0.1, -0.05) is 0 Å². The summed E-state index contributed by atoms with van der Waals surface area (Å²) in [6.45, 7) is -0.357. The lowest BCUT2D eigenvalue weighted by Crippen LogP contribution is -2.38. The molecule has 1 aliphatic rings. The van der Waals surface area contributed by atoms with Crippen molar-refractivity contribution in [3.05, 3.63) is 29.3 Å². The molecule has 1 heterocycles. The van der Waals surface area contributed by atoms with Gasteiger partial charge < -0.3 is 15.0 Å². The van der Waals surface area contributed by atoms with Gasteiger partial charge in [0.1, 0.15) is 0 Å². The zero-order chi connectivity index (χ0) is 19.5. The van der Waals surface area contributed by atoms with Crippen LogP contribution in [0.4, 0.5) is 5.69 Å². The second-order valence-electron chi connectivity index (χ2n) is 6.07. The number of esters is 1. The summed E-state index contributed by atoms with van der Waals surface area (Å²) in [5, 5.41) is 2.35. The highest BCUT2D eigenvalue weighted by atomic mass is 32.2. The maximum absolute atomic E-state index is 12.1. The van der Waals surface area contributed by atoms with E-state index in [1.807, 2.05) is 0 Å². The van der Waals surface area contributed by atoms with Gasteiger partial charge in [0.15, 0.2) is 6.61 Å². The number of rotatable bonds is 6. The number of fused-ring (bicyclic) bond motifs is 1. The van der Waals surface area contributed by atoms with E-state index >= 15 is 0 Å². The molecule has 9 nitrogen and oxygen atoms in total. The summed E-state index contributed by atoms with van der Waals surface area (Å²) in [4.78, 5) is 36.4. The van der Waals surface area contributed by atoms with Gasteiger partial charge in [0.2, 0.25) is 15.9 Å². The highest BCUT2D eigenvalue weighted by Crippen LogP contribution is 2.30. The summed E-state index contributed by atoms with van der Waals surface area (Å²) >= 11 is 0. The van der Waals surface area contributed by atoms with Crippen molar-refractivity contribution >= 4 is 33.5 Å². The van der Waals surface area contributed by atoms with Crippen LogP contribution in [0.1, 0.15) is 15.9 Å². The minimum Gasteiger partial charge on any atom is -0.452 e. The fourth-order valence-electron chi connectivity index (χ4n) is 2.44. The van der Waals surface area contributed by atoms with Gasteiger partial charge >= 0.3 is 5.97 Å². The van der Waals surface area contributed by atoms with Gasteiger partial charge in [0, 0.05) is 20.6 Å². The van der Waals surface area contributed by atoms with Crippen LogP contribution in [-0.4, -0.2) is 71.1 Å². The number of hydrogen-bond donors (Lipinski definition) is 1. The summed E-state index contributed by atoms with van der Waals surface area (Å²) < 4.78 is 29.6.